The summed E-state index contributed by atoms with van der Waals surface area (Å²) in [6, 6.07) is 23.9. The van der Waals surface area contributed by atoms with Crippen LogP contribution in [0.5, 0.6) is 0 Å². The number of hydrogen-bond acceptors (Lipinski definition) is 1. The van der Waals surface area contributed by atoms with Crippen LogP contribution >= 0.6 is 11.6 Å². The summed E-state index contributed by atoms with van der Waals surface area (Å²) in [6.45, 7) is 2.19. The third-order valence-corrected chi connectivity index (χ3v) is 6.50. The van der Waals surface area contributed by atoms with Gasteiger partial charge in [-0.1, -0.05) is 66.2 Å². The van der Waals surface area contributed by atoms with Gasteiger partial charge < -0.3 is 4.74 Å². The van der Waals surface area contributed by atoms with Crippen molar-refractivity contribution in [3.05, 3.63) is 82.9 Å². The Labute approximate surface area is 163 Å². The molecule has 2 aliphatic rings. The van der Waals surface area contributed by atoms with Crippen LogP contribution in [-0.2, 0) is 4.74 Å². The smallest absolute Gasteiger partial charge is 0.0904 e. The van der Waals surface area contributed by atoms with Crippen molar-refractivity contribution in [1.29, 1.82) is 0 Å². The molecule has 1 saturated heterocycles. The molecule has 1 fully saturated rings. The minimum Gasteiger partial charge on any atom is -0.370 e. The first kappa shape index (κ1) is 15.7. The molecule has 0 radical (unpaired) electrons. The summed E-state index contributed by atoms with van der Waals surface area (Å²) in [7, 11) is 0. The van der Waals surface area contributed by atoms with Crippen molar-refractivity contribution in [2.24, 2.45) is 0 Å². The van der Waals surface area contributed by atoms with Crippen LogP contribution < -0.4 is 0 Å². The van der Waals surface area contributed by atoms with Gasteiger partial charge >= 0.3 is 0 Å². The van der Waals surface area contributed by atoms with E-state index in [9.17, 15) is 0 Å². The Hall–Kier alpha value is -2.35. The molecule has 2 heteroatoms. The number of benzene rings is 4. The first-order valence-corrected chi connectivity index (χ1v) is 9.99. The van der Waals surface area contributed by atoms with Crippen molar-refractivity contribution in [3.63, 3.8) is 0 Å². The highest BCUT2D eigenvalue weighted by atomic mass is 35.5. The first-order chi connectivity index (χ1) is 13.2. The molecule has 27 heavy (non-hydrogen) atoms. The van der Waals surface area contributed by atoms with Gasteiger partial charge in [0, 0.05) is 10.9 Å². The second-order valence-electron chi connectivity index (χ2n) is 7.82. The van der Waals surface area contributed by atoms with Crippen LogP contribution in [0, 0.1) is 0 Å². The van der Waals surface area contributed by atoms with Gasteiger partial charge in [-0.05, 0) is 69.3 Å². The van der Waals surface area contributed by atoms with Crippen molar-refractivity contribution < 1.29 is 4.74 Å². The second kappa shape index (κ2) is 5.58. The van der Waals surface area contributed by atoms with E-state index in [4.69, 9.17) is 16.3 Å². The summed E-state index contributed by atoms with van der Waals surface area (Å²) < 4.78 is 6.41. The van der Waals surface area contributed by atoms with Gasteiger partial charge in [0.05, 0.1) is 12.2 Å². The Morgan fingerprint density at radius 1 is 0.852 bits per heavy atom. The molecule has 1 aliphatic heterocycles. The normalized spacial score (nSPS) is 23.3. The lowest BCUT2D eigenvalue weighted by Gasteiger charge is -2.32. The van der Waals surface area contributed by atoms with Gasteiger partial charge in [-0.3, -0.25) is 0 Å². The predicted octanol–water partition coefficient (Wildman–Crippen LogP) is 7.26. The predicted molar refractivity (Wildman–Crippen MR) is 113 cm³/mol. The van der Waals surface area contributed by atoms with E-state index in [1.54, 1.807) is 0 Å². The van der Waals surface area contributed by atoms with Crippen LogP contribution in [0.15, 0.2) is 66.7 Å². The van der Waals surface area contributed by atoms with Crippen LogP contribution in [0.25, 0.3) is 32.7 Å². The minimum absolute atomic E-state index is 0.0887. The fourth-order valence-corrected chi connectivity index (χ4v) is 5.46. The van der Waals surface area contributed by atoms with Gasteiger partial charge in [-0.25, -0.2) is 0 Å². The molecule has 3 atom stereocenters. The maximum absolute atomic E-state index is 6.41. The molecular formula is C25H19ClO. The highest BCUT2D eigenvalue weighted by Crippen LogP contribution is 2.57. The maximum Gasteiger partial charge on any atom is 0.0904 e. The summed E-state index contributed by atoms with van der Waals surface area (Å²) in [6.07, 6.45) is 1.39. The molecule has 1 heterocycles. The Bertz CT molecular complexity index is 1230. The lowest BCUT2D eigenvalue weighted by Crippen LogP contribution is -2.15. The zero-order valence-electron chi connectivity index (χ0n) is 15.1. The molecule has 1 aliphatic carbocycles. The number of hydrogen-bond donors (Lipinski definition) is 0. The van der Waals surface area contributed by atoms with E-state index in [2.05, 4.69) is 67.6 Å². The molecule has 0 N–H and O–H groups in total. The van der Waals surface area contributed by atoms with Crippen molar-refractivity contribution in [3.8, 4) is 11.1 Å². The molecular weight excluding hydrogens is 352 g/mol. The van der Waals surface area contributed by atoms with Crippen LogP contribution in [0.3, 0.4) is 0 Å². The van der Waals surface area contributed by atoms with Crippen LogP contribution in [0.1, 0.15) is 36.5 Å². The molecule has 6 rings (SSSR count). The Kier molecular flexibility index (Phi) is 3.24. The molecule has 4 aromatic carbocycles. The van der Waals surface area contributed by atoms with Gasteiger partial charge in [0.2, 0.25) is 0 Å². The van der Waals surface area contributed by atoms with E-state index in [1.807, 2.05) is 6.07 Å². The van der Waals surface area contributed by atoms with E-state index in [0.717, 1.165) is 11.4 Å². The minimum atomic E-state index is 0.0887. The van der Waals surface area contributed by atoms with Gasteiger partial charge in [0.25, 0.3) is 0 Å². The fraction of sp³-hybridized carbons (Fsp3) is 0.200. The van der Waals surface area contributed by atoms with Crippen LogP contribution in [0.2, 0.25) is 5.02 Å². The number of halogens is 1. The third-order valence-electron chi connectivity index (χ3n) is 6.26. The molecule has 0 aromatic heterocycles. The van der Waals surface area contributed by atoms with Gasteiger partial charge in [-0.2, -0.15) is 0 Å². The first-order valence-electron chi connectivity index (χ1n) is 9.61. The fourth-order valence-electron chi connectivity index (χ4n) is 5.28. The van der Waals surface area contributed by atoms with Crippen LogP contribution in [-0.4, -0.2) is 6.10 Å². The quantitative estimate of drug-likeness (QED) is 0.296. The summed E-state index contributed by atoms with van der Waals surface area (Å²) in [5.74, 6) is 0.371. The lowest BCUT2D eigenvalue weighted by molar-refractivity contribution is 0.0508. The number of rotatable bonds is 0. The topological polar surface area (TPSA) is 9.23 Å². The highest BCUT2D eigenvalue weighted by Gasteiger charge is 2.42. The maximum atomic E-state index is 6.41. The van der Waals surface area contributed by atoms with E-state index < -0.39 is 0 Å². The molecule has 0 spiro atoms. The Balaban J connectivity index is 1.85. The lowest BCUT2D eigenvalue weighted by atomic mass is 9.72. The standard InChI is InChI=1S/C25H19ClO/c1-14-12-22-24-19-9-5-3-7-17(19)16-6-2-4-8-18(16)23(24)20-11-10-15(26)13-21(20)25(22)27-14/h2-11,13-14,22,25H,12H2,1H3. The monoisotopic (exact) mass is 370 g/mol. The van der Waals surface area contributed by atoms with E-state index in [0.29, 0.717) is 5.92 Å². The number of fused-ring (bicyclic) bond motifs is 11. The SMILES string of the molecule is CC1CC2c3c(c4ccccc4c4ccccc34)-c3ccc(Cl)cc3C2O1. The van der Waals surface area contributed by atoms with E-state index in [-0.39, 0.29) is 12.2 Å². The molecule has 132 valence electrons. The van der Waals surface area contributed by atoms with Gasteiger partial charge in [-0.15, -0.1) is 0 Å². The van der Waals surface area contributed by atoms with Crippen molar-refractivity contribution >= 4 is 33.1 Å². The van der Waals surface area contributed by atoms with Crippen molar-refractivity contribution in [2.45, 2.75) is 31.5 Å². The van der Waals surface area contributed by atoms with Crippen molar-refractivity contribution in [1.82, 2.24) is 0 Å². The third kappa shape index (κ3) is 2.10. The summed E-state index contributed by atoms with van der Waals surface area (Å²) >= 11 is 6.39. The van der Waals surface area contributed by atoms with Crippen LogP contribution in [0.4, 0.5) is 0 Å². The zero-order chi connectivity index (χ0) is 18.1. The average molecular weight is 371 g/mol. The van der Waals surface area contributed by atoms with E-state index in [1.165, 1.54) is 43.8 Å². The Morgan fingerprint density at radius 3 is 2.30 bits per heavy atom. The molecule has 4 aromatic rings. The van der Waals surface area contributed by atoms with Gasteiger partial charge in [0.1, 0.15) is 0 Å². The molecule has 0 amide bonds. The Morgan fingerprint density at radius 2 is 1.52 bits per heavy atom. The summed E-state index contributed by atoms with van der Waals surface area (Å²) in [4.78, 5) is 0. The van der Waals surface area contributed by atoms with Crippen molar-refractivity contribution in [2.75, 3.05) is 0 Å². The average Bonchev–Trinajstić information content (AvgIpc) is 3.09. The largest absolute Gasteiger partial charge is 0.370 e. The highest BCUT2D eigenvalue weighted by molar-refractivity contribution is 6.30. The summed E-state index contributed by atoms with van der Waals surface area (Å²) in [5.41, 5.74) is 5.33. The second-order valence-corrected chi connectivity index (χ2v) is 8.26. The zero-order valence-corrected chi connectivity index (χ0v) is 15.8. The van der Waals surface area contributed by atoms with Gasteiger partial charge in [0.15, 0.2) is 0 Å². The molecule has 1 nitrogen and oxygen atoms in total. The molecule has 0 bridgehead atoms. The van der Waals surface area contributed by atoms with E-state index >= 15 is 0 Å². The number of ether oxygens (including phenoxy) is 1. The summed E-state index contributed by atoms with van der Waals surface area (Å²) in [5, 5.41) is 6.12. The molecule has 3 unspecified atom stereocenters. The molecule has 0 saturated carbocycles.